The predicted octanol–water partition coefficient (Wildman–Crippen LogP) is 3.36. The molecule has 0 saturated carbocycles. The molecule has 3 rings (SSSR count). The Labute approximate surface area is 152 Å². The van der Waals surface area contributed by atoms with Crippen LogP contribution in [0.4, 0.5) is 0 Å². The number of rotatable bonds is 5. The molecule has 1 aliphatic heterocycles. The van der Waals surface area contributed by atoms with Crippen LogP contribution in [-0.2, 0) is 6.54 Å². The molecular formula is C19H21ClN4O. The van der Waals surface area contributed by atoms with E-state index in [0.29, 0.717) is 11.6 Å². The molecule has 25 heavy (non-hydrogen) atoms. The fraction of sp³-hybridized carbons (Fsp3) is 0.316. The average Bonchev–Trinajstić information content (AvgIpc) is 2.64. The molecule has 2 heterocycles. The van der Waals surface area contributed by atoms with Crippen molar-refractivity contribution in [3.05, 3.63) is 64.9 Å². The summed E-state index contributed by atoms with van der Waals surface area (Å²) in [6.07, 6.45) is 5.50. The summed E-state index contributed by atoms with van der Waals surface area (Å²) in [6.45, 7) is 2.94. The third kappa shape index (κ3) is 5.37. The van der Waals surface area contributed by atoms with E-state index >= 15 is 0 Å². The van der Waals surface area contributed by atoms with Gasteiger partial charge < -0.3 is 0 Å². The van der Waals surface area contributed by atoms with Crippen molar-refractivity contribution < 1.29 is 4.79 Å². The van der Waals surface area contributed by atoms with Gasteiger partial charge in [-0.25, -0.2) is 5.43 Å². The minimum absolute atomic E-state index is 0.282. The molecule has 0 aliphatic carbocycles. The lowest BCUT2D eigenvalue weighted by molar-refractivity contribution is 0.0949. The Morgan fingerprint density at radius 2 is 2.12 bits per heavy atom. The number of aromatic nitrogens is 1. The lowest BCUT2D eigenvalue weighted by Crippen LogP contribution is -2.34. The summed E-state index contributed by atoms with van der Waals surface area (Å²) in [5, 5.41) is 4.87. The Morgan fingerprint density at radius 1 is 1.28 bits per heavy atom. The number of piperidine rings is 1. The number of carbonyl (C=O) groups excluding carboxylic acids is 1. The van der Waals surface area contributed by atoms with Crippen LogP contribution < -0.4 is 5.43 Å². The standard InChI is InChI=1S/C19H21ClN4O/c20-17-5-3-4-16(12-17)14-24-10-7-15(8-11-24)13-22-23-19(25)18-6-1-2-9-21-18/h1-6,9,12-13,15H,7-8,10-11,14H2,(H,23,25)/b22-13+. The van der Waals surface area contributed by atoms with Crippen molar-refractivity contribution >= 4 is 23.7 Å². The first-order chi connectivity index (χ1) is 12.2. The monoisotopic (exact) mass is 356 g/mol. The molecule has 1 aromatic heterocycles. The Morgan fingerprint density at radius 3 is 2.84 bits per heavy atom. The van der Waals surface area contributed by atoms with E-state index in [1.165, 1.54) is 5.56 Å². The summed E-state index contributed by atoms with van der Waals surface area (Å²) in [5.41, 5.74) is 4.15. The van der Waals surface area contributed by atoms with Gasteiger partial charge in [-0.15, -0.1) is 0 Å². The summed E-state index contributed by atoms with van der Waals surface area (Å²) < 4.78 is 0. The zero-order valence-corrected chi connectivity index (χ0v) is 14.7. The number of pyridine rings is 1. The first-order valence-electron chi connectivity index (χ1n) is 8.42. The molecule has 1 aliphatic rings. The molecule has 6 heteroatoms. The molecule has 0 radical (unpaired) electrons. The van der Waals surface area contributed by atoms with Crippen molar-refractivity contribution in [2.75, 3.05) is 13.1 Å². The van der Waals surface area contributed by atoms with Gasteiger partial charge in [0.25, 0.3) is 5.91 Å². The van der Waals surface area contributed by atoms with Gasteiger partial charge in [-0.2, -0.15) is 5.10 Å². The van der Waals surface area contributed by atoms with Crippen LogP contribution in [0.3, 0.4) is 0 Å². The Hall–Kier alpha value is -2.24. The van der Waals surface area contributed by atoms with Crippen LogP contribution in [0.2, 0.25) is 5.02 Å². The second-order valence-corrected chi connectivity index (χ2v) is 6.61. The molecule has 1 N–H and O–H groups in total. The second-order valence-electron chi connectivity index (χ2n) is 6.18. The highest BCUT2D eigenvalue weighted by Gasteiger charge is 2.18. The van der Waals surface area contributed by atoms with Crippen molar-refractivity contribution in [1.82, 2.24) is 15.3 Å². The molecular weight excluding hydrogens is 336 g/mol. The number of hydrogen-bond donors (Lipinski definition) is 1. The van der Waals surface area contributed by atoms with Crippen molar-refractivity contribution in [3.8, 4) is 0 Å². The SMILES string of the molecule is O=C(N/N=C/C1CCN(Cc2cccc(Cl)c2)CC1)c1ccccn1. The van der Waals surface area contributed by atoms with Gasteiger partial charge in [0.1, 0.15) is 5.69 Å². The smallest absolute Gasteiger partial charge is 0.289 e. The summed E-state index contributed by atoms with van der Waals surface area (Å²) in [5.74, 6) is 0.106. The highest BCUT2D eigenvalue weighted by Crippen LogP contribution is 2.19. The molecule has 1 fully saturated rings. The van der Waals surface area contributed by atoms with Gasteiger partial charge in [0.2, 0.25) is 0 Å². The van der Waals surface area contributed by atoms with E-state index in [-0.39, 0.29) is 5.91 Å². The Kier molecular flexibility index (Phi) is 6.14. The predicted molar refractivity (Wildman–Crippen MR) is 99.6 cm³/mol. The summed E-state index contributed by atoms with van der Waals surface area (Å²) in [7, 11) is 0. The first kappa shape index (κ1) is 17.6. The maximum Gasteiger partial charge on any atom is 0.289 e. The molecule has 2 aromatic rings. The van der Waals surface area contributed by atoms with E-state index in [0.717, 1.165) is 37.5 Å². The van der Waals surface area contributed by atoms with Gasteiger partial charge in [0.15, 0.2) is 0 Å². The number of carbonyl (C=O) groups is 1. The van der Waals surface area contributed by atoms with Crippen LogP contribution in [0.25, 0.3) is 0 Å². The van der Waals surface area contributed by atoms with Crippen LogP contribution in [0, 0.1) is 5.92 Å². The third-order valence-corrected chi connectivity index (χ3v) is 4.51. The van der Waals surface area contributed by atoms with Gasteiger partial charge >= 0.3 is 0 Å². The van der Waals surface area contributed by atoms with Gasteiger partial charge in [-0.05, 0) is 61.7 Å². The summed E-state index contributed by atoms with van der Waals surface area (Å²) >= 11 is 6.04. The number of nitrogens with one attached hydrogen (secondary N) is 1. The molecule has 130 valence electrons. The molecule has 1 amide bonds. The van der Waals surface area contributed by atoms with Crippen molar-refractivity contribution in [1.29, 1.82) is 0 Å². The van der Waals surface area contributed by atoms with Gasteiger partial charge in [0.05, 0.1) is 0 Å². The quantitative estimate of drug-likeness (QED) is 0.660. The third-order valence-electron chi connectivity index (χ3n) is 4.28. The van der Waals surface area contributed by atoms with E-state index in [2.05, 4.69) is 26.5 Å². The van der Waals surface area contributed by atoms with Crippen LogP contribution in [-0.4, -0.2) is 35.1 Å². The normalized spacial score (nSPS) is 16.2. The van der Waals surface area contributed by atoms with E-state index in [1.54, 1.807) is 24.4 Å². The summed E-state index contributed by atoms with van der Waals surface area (Å²) in [4.78, 5) is 18.3. The van der Waals surface area contributed by atoms with Crippen LogP contribution in [0.5, 0.6) is 0 Å². The van der Waals surface area contributed by atoms with Crippen LogP contribution >= 0.6 is 11.6 Å². The molecule has 0 unspecified atom stereocenters. The number of hydrazone groups is 1. The Bertz CT molecular complexity index is 727. The van der Waals surface area contributed by atoms with Crippen molar-refractivity contribution in [2.24, 2.45) is 11.0 Å². The molecule has 0 atom stereocenters. The van der Waals surface area contributed by atoms with E-state index < -0.39 is 0 Å². The average molecular weight is 357 g/mol. The molecule has 0 bridgehead atoms. The van der Waals surface area contributed by atoms with Gasteiger partial charge in [-0.1, -0.05) is 29.8 Å². The lowest BCUT2D eigenvalue weighted by Gasteiger charge is -2.30. The Balaban J connectivity index is 1.42. The highest BCUT2D eigenvalue weighted by molar-refractivity contribution is 6.30. The number of likely N-dealkylation sites (tertiary alicyclic amines) is 1. The topological polar surface area (TPSA) is 57.6 Å². The van der Waals surface area contributed by atoms with Crippen LogP contribution in [0.1, 0.15) is 28.9 Å². The van der Waals surface area contributed by atoms with Gasteiger partial charge in [-0.3, -0.25) is 14.7 Å². The van der Waals surface area contributed by atoms with Crippen LogP contribution in [0.15, 0.2) is 53.8 Å². The fourth-order valence-corrected chi connectivity index (χ4v) is 3.12. The number of amides is 1. The first-order valence-corrected chi connectivity index (χ1v) is 8.80. The minimum atomic E-state index is -0.282. The second kappa shape index (κ2) is 8.74. The van der Waals surface area contributed by atoms with E-state index in [1.807, 2.05) is 24.4 Å². The van der Waals surface area contributed by atoms with E-state index in [4.69, 9.17) is 11.6 Å². The number of hydrogen-bond acceptors (Lipinski definition) is 4. The fourth-order valence-electron chi connectivity index (χ4n) is 2.91. The van der Waals surface area contributed by atoms with Crippen molar-refractivity contribution in [3.63, 3.8) is 0 Å². The minimum Gasteiger partial charge on any atom is -0.299 e. The zero-order valence-electron chi connectivity index (χ0n) is 13.9. The lowest BCUT2D eigenvalue weighted by atomic mass is 9.98. The van der Waals surface area contributed by atoms with Gasteiger partial charge in [0, 0.05) is 24.0 Å². The number of benzene rings is 1. The maximum atomic E-state index is 11.9. The molecule has 0 spiro atoms. The molecule has 5 nitrogen and oxygen atoms in total. The maximum absolute atomic E-state index is 11.9. The molecule has 1 aromatic carbocycles. The number of halogens is 1. The summed E-state index contributed by atoms with van der Waals surface area (Å²) in [6, 6.07) is 13.2. The number of nitrogens with zero attached hydrogens (tertiary/aromatic N) is 3. The largest absolute Gasteiger partial charge is 0.299 e. The highest BCUT2D eigenvalue weighted by atomic mass is 35.5. The van der Waals surface area contributed by atoms with Crippen molar-refractivity contribution in [2.45, 2.75) is 19.4 Å². The molecule has 1 saturated heterocycles. The zero-order chi connectivity index (χ0) is 17.5. The van der Waals surface area contributed by atoms with E-state index in [9.17, 15) is 4.79 Å².